The van der Waals surface area contributed by atoms with Gasteiger partial charge in [0.1, 0.15) is 5.25 Å². The molecule has 0 heterocycles. The topological polar surface area (TPSA) is 49.4 Å². The molecule has 0 spiro atoms. The van der Waals surface area contributed by atoms with Crippen molar-refractivity contribution in [1.82, 2.24) is 4.90 Å². The van der Waals surface area contributed by atoms with Crippen LogP contribution in [-0.2, 0) is 4.79 Å². The van der Waals surface area contributed by atoms with Crippen LogP contribution >= 0.6 is 11.8 Å². The molecule has 2 amide bonds. The predicted octanol–water partition coefficient (Wildman–Crippen LogP) is 5.64. The number of hydrogen-bond donors (Lipinski definition) is 1. The molecule has 3 aromatic carbocycles. The first-order valence-electron chi connectivity index (χ1n) is 10.1. The Morgan fingerprint density at radius 2 is 1.50 bits per heavy atom. The molecule has 0 saturated carbocycles. The van der Waals surface area contributed by atoms with Crippen molar-refractivity contribution in [2.75, 3.05) is 18.4 Å². The van der Waals surface area contributed by atoms with E-state index in [0.717, 1.165) is 10.5 Å². The number of nitrogens with zero attached hydrogens (tertiary/aromatic N) is 1. The fourth-order valence-electron chi connectivity index (χ4n) is 3.17. The van der Waals surface area contributed by atoms with E-state index in [1.807, 2.05) is 80.6 Å². The number of amides is 2. The Hall–Kier alpha value is -3.05. The van der Waals surface area contributed by atoms with Gasteiger partial charge >= 0.3 is 0 Å². The lowest BCUT2D eigenvalue weighted by molar-refractivity contribution is -0.115. The largest absolute Gasteiger partial charge is 0.339 e. The lowest BCUT2D eigenvalue weighted by Gasteiger charge is -2.20. The number of rotatable bonds is 8. The standard InChI is InChI=1S/C25H26N2O2S/c1-3-27(4-2)25(29)20-14-11-15-21(18-20)26-24(28)23(19-12-7-5-8-13-19)30-22-16-9-6-10-17-22/h5-18,23H,3-4H2,1-2H3,(H,26,28). The van der Waals surface area contributed by atoms with E-state index in [2.05, 4.69) is 5.32 Å². The molecule has 1 atom stereocenters. The van der Waals surface area contributed by atoms with Crippen LogP contribution in [0.15, 0.2) is 89.8 Å². The van der Waals surface area contributed by atoms with Crippen molar-refractivity contribution in [1.29, 1.82) is 0 Å². The van der Waals surface area contributed by atoms with Gasteiger partial charge in [-0.15, -0.1) is 11.8 Å². The second-order valence-electron chi connectivity index (χ2n) is 6.77. The summed E-state index contributed by atoms with van der Waals surface area (Å²) in [7, 11) is 0. The predicted molar refractivity (Wildman–Crippen MR) is 124 cm³/mol. The molecule has 154 valence electrons. The highest BCUT2D eigenvalue weighted by Crippen LogP contribution is 2.36. The summed E-state index contributed by atoms with van der Waals surface area (Å²) >= 11 is 1.50. The highest BCUT2D eigenvalue weighted by molar-refractivity contribution is 8.00. The Bertz CT molecular complexity index is 973. The lowest BCUT2D eigenvalue weighted by Crippen LogP contribution is -2.30. The summed E-state index contributed by atoms with van der Waals surface area (Å²) < 4.78 is 0. The number of thioether (sulfide) groups is 1. The minimum Gasteiger partial charge on any atom is -0.339 e. The van der Waals surface area contributed by atoms with Gasteiger partial charge in [0.2, 0.25) is 5.91 Å². The normalized spacial score (nSPS) is 11.5. The molecule has 0 aliphatic rings. The maximum absolute atomic E-state index is 13.2. The number of anilines is 1. The van der Waals surface area contributed by atoms with Crippen LogP contribution in [0.3, 0.4) is 0 Å². The number of nitrogens with one attached hydrogen (secondary N) is 1. The van der Waals surface area contributed by atoms with Crippen molar-refractivity contribution in [3.05, 3.63) is 96.1 Å². The number of hydrogen-bond acceptors (Lipinski definition) is 3. The Labute approximate surface area is 182 Å². The zero-order valence-electron chi connectivity index (χ0n) is 17.2. The first-order chi connectivity index (χ1) is 14.6. The van der Waals surface area contributed by atoms with E-state index >= 15 is 0 Å². The SMILES string of the molecule is CCN(CC)C(=O)c1cccc(NC(=O)C(Sc2ccccc2)c2ccccc2)c1. The van der Waals surface area contributed by atoms with E-state index < -0.39 is 5.25 Å². The molecule has 0 aliphatic carbocycles. The average Bonchev–Trinajstić information content (AvgIpc) is 2.79. The molecule has 0 radical (unpaired) electrons. The molecule has 1 N–H and O–H groups in total. The summed E-state index contributed by atoms with van der Waals surface area (Å²) in [5, 5.41) is 2.59. The Kier molecular flexibility index (Phi) is 7.69. The van der Waals surface area contributed by atoms with Gasteiger partial charge in [0, 0.05) is 29.2 Å². The third-order valence-electron chi connectivity index (χ3n) is 4.77. The van der Waals surface area contributed by atoms with E-state index in [1.165, 1.54) is 11.8 Å². The number of carbonyl (C=O) groups excluding carboxylic acids is 2. The second kappa shape index (κ2) is 10.6. The van der Waals surface area contributed by atoms with Crippen LogP contribution in [0.1, 0.15) is 35.0 Å². The third-order valence-corrected chi connectivity index (χ3v) is 6.03. The maximum atomic E-state index is 13.2. The van der Waals surface area contributed by atoms with Crippen LogP contribution in [0.4, 0.5) is 5.69 Å². The molecule has 0 bridgehead atoms. The van der Waals surface area contributed by atoms with Gasteiger partial charge in [0.05, 0.1) is 0 Å². The van der Waals surface area contributed by atoms with Crippen molar-refractivity contribution in [2.45, 2.75) is 24.0 Å². The van der Waals surface area contributed by atoms with Gasteiger partial charge in [0.25, 0.3) is 5.91 Å². The first-order valence-corrected chi connectivity index (χ1v) is 11.0. The summed E-state index contributed by atoms with van der Waals surface area (Å²) in [6.45, 7) is 5.21. The molecular weight excluding hydrogens is 392 g/mol. The Morgan fingerprint density at radius 3 is 2.13 bits per heavy atom. The van der Waals surface area contributed by atoms with Crippen LogP contribution < -0.4 is 5.32 Å². The molecular formula is C25H26N2O2S. The van der Waals surface area contributed by atoms with Gasteiger partial charge in [-0.05, 0) is 49.7 Å². The fourth-order valence-corrected chi connectivity index (χ4v) is 4.21. The van der Waals surface area contributed by atoms with Crippen LogP contribution in [0.5, 0.6) is 0 Å². The van der Waals surface area contributed by atoms with Crippen molar-refractivity contribution < 1.29 is 9.59 Å². The molecule has 3 aromatic rings. The van der Waals surface area contributed by atoms with Gasteiger partial charge in [-0.1, -0.05) is 54.6 Å². The van der Waals surface area contributed by atoms with Crippen molar-refractivity contribution in [3.63, 3.8) is 0 Å². The fraction of sp³-hybridized carbons (Fsp3) is 0.200. The minimum absolute atomic E-state index is 0.0330. The molecule has 0 fully saturated rings. The molecule has 1 unspecified atom stereocenters. The number of carbonyl (C=O) groups is 2. The van der Waals surface area contributed by atoms with Crippen molar-refractivity contribution >= 4 is 29.3 Å². The second-order valence-corrected chi connectivity index (χ2v) is 7.95. The molecule has 0 saturated heterocycles. The highest BCUT2D eigenvalue weighted by Gasteiger charge is 2.22. The maximum Gasteiger partial charge on any atom is 0.253 e. The van der Waals surface area contributed by atoms with Gasteiger partial charge in [0.15, 0.2) is 0 Å². The minimum atomic E-state index is -0.407. The van der Waals surface area contributed by atoms with Gasteiger partial charge < -0.3 is 10.2 Å². The zero-order valence-corrected chi connectivity index (χ0v) is 18.1. The van der Waals surface area contributed by atoms with E-state index in [4.69, 9.17) is 0 Å². The van der Waals surface area contributed by atoms with Crippen molar-refractivity contribution in [3.8, 4) is 0 Å². The zero-order chi connectivity index (χ0) is 21.3. The van der Waals surface area contributed by atoms with Gasteiger partial charge in [-0.25, -0.2) is 0 Å². The molecule has 30 heavy (non-hydrogen) atoms. The molecule has 5 heteroatoms. The summed E-state index contributed by atoms with van der Waals surface area (Å²) in [5.41, 5.74) is 2.12. The molecule has 4 nitrogen and oxygen atoms in total. The van der Waals surface area contributed by atoms with Crippen LogP contribution in [0, 0.1) is 0 Å². The van der Waals surface area contributed by atoms with E-state index in [1.54, 1.807) is 23.1 Å². The first kappa shape index (κ1) is 21.7. The smallest absolute Gasteiger partial charge is 0.253 e. The molecule has 3 rings (SSSR count). The Morgan fingerprint density at radius 1 is 0.867 bits per heavy atom. The summed E-state index contributed by atoms with van der Waals surface area (Å²) in [6, 6.07) is 26.7. The quantitative estimate of drug-likeness (QED) is 0.482. The summed E-state index contributed by atoms with van der Waals surface area (Å²) in [4.78, 5) is 28.7. The summed E-state index contributed by atoms with van der Waals surface area (Å²) in [5.74, 6) is -0.156. The third kappa shape index (κ3) is 5.51. The Balaban J connectivity index is 1.82. The van der Waals surface area contributed by atoms with Crippen molar-refractivity contribution in [2.24, 2.45) is 0 Å². The van der Waals surface area contributed by atoms with Crippen LogP contribution in [0.2, 0.25) is 0 Å². The van der Waals surface area contributed by atoms with E-state index in [0.29, 0.717) is 24.3 Å². The lowest BCUT2D eigenvalue weighted by atomic mass is 10.1. The van der Waals surface area contributed by atoms with Gasteiger partial charge in [-0.3, -0.25) is 9.59 Å². The van der Waals surface area contributed by atoms with E-state index in [9.17, 15) is 9.59 Å². The van der Waals surface area contributed by atoms with Gasteiger partial charge in [-0.2, -0.15) is 0 Å². The molecule has 0 aliphatic heterocycles. The summed E-state index contributed by atoms with van der Waals surface area (Å²) in [6.07, 6.45) is 0. The monoisotopic (exact) mass is 418 g/mol. The van der Waals surface area contributed by atoms with Crippen LogP contribution in [-0.4, -0.2) is 29.8 Å². The van der Waals surface area contributed by atoms with E-state index in [-0.39, 0.29) is 11.8 Å². The average molecular weight is 419 g/mol. The van der Waals surface area contributed by atoms with Crippen LogP contribution in [0.25, 0.3) is 0 Å². The molecule has 0 aromatic heterocycles. The highest BCUT2D eigenvalue weighted by atomic mass is 32.2. The number of benzene rings is 3.